The second-order valence-electron chi connectivity index (χ2n) is 5.65. The van der Waals surface area contributed by atoms with Crippen LogP contribution in [0.15, 0.2) is 23.4 Å². The fraction of sp³-hybridized carbons (Fsp3) is 0.312. The number of hydrogen-bond acceptors (Lipinski definition) is 5. The molecule has 2 heterocycles. The van der Waals surface area contributed by atoms with Gasteiger partial charge in [0.25, 0.3) is 0 Å². The maximum atomic E-state index is 13.6. The van der Waals surface area contributed by atoms with E-state index in [1.54, 1.807) is 6.07 Å². The predicted molar refractivity (Wildman–Crippen MR) is 94.3 cm³/mol. The van der Waals surface area contributed by atoms with E-state index in [2.05, 4.69) is 9.97 Å². The maximum absolute atomic E-state index is 13.6. The van der Waals surface area contributed by atoms with Crippen molar-refractivity contribution in [3.05, 3.63) is 40.2 Å². The molecule has 2 aromatic rings. The monoisotopic (exact) mass is 382 g/mol. The molecule has 1 unspecified atom stereocenters. The maximum Gasteiger partial charge on any atom is 0.233 e. The lowest BCUT2D eigenvalue weighted by Crippen LogP contribution is -2.27. The highest BCUT2D eigenvalue weighted by Gasteiger charge is 2.32. The Bertz CT molecular complexity index is 877. The molecule has 25 heavy (non-hydrogen) atoms. The van der Waals surface area contributed by atoms with Crippen LogP contribution in [0.5, 0.6) is 0 Å². The molecule has 0 saturated heterocycles. The summed E-state index contributed by atoms with van der Waals surface area (Å²) in [6.07, 6.45) is 0.775. The zero-order chi connectivity index (χ0) is 18.1. The first kappa shape index (κ1) is 17.8. The van der Waals surface area contributed by atoms with Crippen LogP contribution in [0.25, 0.3) is 0 Å². The van der Waals surface area contributed by atoms with Gasteiger partial charge in [-0.15, -0.1) is 0 Å². The van der Waals surface area contributed by atoms with Crippen molar-refractivity contribution < 1.29 is 13.4 Å². The lowest BCUT2D eigenvalue weighted by atomic mass is 10.2. The van der Waals surface area contributed by atoms with Crippen LogP contribution in [0.4, 0.5) is 16.0 Å². The largest absolute Gasteiger partial charge is 0.383 e. The molecule has 0 fully saturated rings. The highest BCUT2D eigenvalue weighted by atomic mass is 35.5. The molecule has 1 aliphatic rings. The molecule has 1 aromatic heterocycles. The molecule has 1 amide bonds. The molecule has 132 valence electrons. The van der Waals surface area contributed by atoms with Crippen LogP contribution in [0, 0.1) is 5.82 Å². The zero-order valence-electron chi connectivity index (χ0n) is 13.5. The first-order valence-electron chi connectivity index (χ1n) is 7.69. The lowest BCUT2D eigenvalue weighted by molar-refractivity contribution is -0.117. The third-order valence-corrected chi connectivity index (χ3v) is 5.47. The standard InChI is InChI=1S/C16H16ClFN4O2S/c1-2-5-25(24)16-20-14(19)10-7-13(23)22(15(10)21-16)8-9-3-4-11(17)12(18)6-9/h3-4,6H,2,5,7-8H2,1H3,(H2,19,20,21). The highest BCUT2D eigenvalue weighted by Crippen LogP contribution is 2.32. The van der Waals surface area contributed by atoms with Gasteiger partial charge in [0.2, 0.25) is 11.1 Å². The van der Waals surface area contributed by atoms with Crippen molar-refractivity contribution in [2.45, 2.75) is 31.5 Å². The van der Waals surface area contributed by atoms with E-state index in [4.69, 9.17) is 17.3 Å². The molecule has 0 aliphatic carbocycles. The van der Waals surface area contributed by atoms with Crippen molar-refractivity contribution in [2.24, 2.45) is 0 Å². The Morgan fingerprint density at radius 3 is 2.84 bits per heavy atom. The van der Waals surface area contributed by atoms with E-state index in [1.807, 2.05) is 6.92 Å². The molecule has 0 saturated carbocycles. The van der Waals surface area contributed by atoms with Gasteiger partial charge in [0.1, 0.15) is 17.5 Å². The summed E-state index contributed by atoms with van der Waals surface area (Å²) in [5.74, 6) is 0.131. The summed E-state index contributed by atoms with van der Waals surface area (Å²) in [5, 5.41) is 0.126. The molecule has 0 spiro atoms. The Morgan fingerprint density at radius 1 is 1.40 bits per heavy atom. The number of benzene rings is 1. The number of aromatic nitrogens is 2. The summed E-state index contributed by atoms with van der Waals surface area (Å²) in [4.78, 5) is 22.1. The molecule has 2 N–H and O–H groups in total. The first-order valence-corrected chi connectivity index (χ1v) is 9.39. The summed E-state index contributed by atoms with van der Waals surface area (Å²) in [5.41, 5.74) is 7.00. The van der Waals surface area contributed by atoms with Crippen molar-refractivity contribution in [1.82, 2.24) is 9.97 Å². The topological polar surface area (TPSA) is 89.2 Å². The van der Waals surface area contributed by atoms with Crippen LogP contribution in [0.3, 0.4) is 0 Å². The second-order valence-corrected chi connectivity index (χ2v) is 7.52. The molecule has 3 rings (SSSR count). The molecule has 9 heteroatoms. The van der Waals surface area contributed by atoms with Crippen LogP contribution in [-0.2, 0) is 28.6 Å². The smallest absolute Gasteiger partial charge is 0.233 e. The number of amides is 1. The van der Waals surface area contributed by atoms with E-state index < -0.39 is 16.6 Å². The van der Waals surface area contributed by atoms with Crippen LogP contribution < -0.4 is 10.6 Å². The highest BCUT2D eigenvalue weighted by molar-refractivity contribution is 7.84. The lowest BCUT2D eigenvalue weighted by Gasteiger charge is -2.17. The molecule has 1 aromatic carbocycles. The minimum Gasteiger partial charge on any atom is -0.383 e. The first-order chi connectivity index (χ1) is 11.9. The number of carbonyl (C=O) groups excluding carboxylic acids is 1. The van der Waals surface area contributed by atoms with Gasteiger partial charge in [-0.1, -0.05) is 24.6 Å². The molecule has 0 bridgehead atoms. The third-order valence-electron chi connectivity index (χ3n) is 3.80. The Morgan fingerprint density at radius 2 is 2.16 bits per heavy atom. The average molecular weight is 383 g/mol. The van der Waals surface area contributed by atoms with Crippen molar-refractivity contribution in [1.29, 1.82) is 0 Å². The number of carbonyl (C=O) groups is 1. The van der Waals surface area contributed by atoms with E-state index in [1.165, 1.54) is 17.0 Å². The minimum absolute atomic E-state index is 0.0146. The van der Waals surface area contributed by atoms with Crippen LogP contribution in [-0.4, -0.2) is 25.8 Å². The summed E-state index contributed by atoms with van der Waals surface area (Å²) >= 11 is 5.69. The fourth-order valence-corrected chi connectivity index (χ4v) is 3.65. The van der Waals surface area contributed by atoms with Crippen LogP contribution in [0.1, 0.15) is 24.5 Å². The summed E-state index contributed by atoms with van der Waals surface area (Å²) < 4.78 is 25.8. The number of nitrogen functional groups attached to an aromatic ring is 1. The predicted octanol–water partition coefficient (Wildman–Crippen LogP) is 2.46. The van der Waals surface area contributed by atoms with E-state index >= 15 is 0 Å². The van der Waals surface area contributed by atoms with Crippen molar-refractivity contribution in [3.63, 3.8) is 0 Å². The van der Waals surface area contributed by atoms with Gasteiger partial charge in [0.15, 0.2) is 0 Å². The zero-order valence-corrected chi connectivity index (χ0v) is 15.0. The van der Waals surface area contributed by atoms with Gasteiger partial charge in [-0.2, -0.15) is 0 Å². The number of hydrogen-bond donors (Lipinski definition) is 1. The van der Waals surface area contributed by atoms with E-state index in [0.717, 1.165) is 0 Å². The summed E-state index contributed by atoms with van der Waals surface area (Å²) in [6, 6.07) is 4.34. The van der Waals surface area contributed by atoms with Gasteiger partial charge in [0, 0.05) is 11.3 Å². The number of nitrogens with two attached hydrogens (primary N) is 1. The van der Waals surface area contributed by atoms with Crippen molar-refractivity contribution in [3.8, 4) is 0 Å². The SMILES string of the molecule is CCCS(=O)c1nc(N)c2c(n1)N(Cc1ccc(Cl)c(F)c1)C(=O)C2. The second kappa shape index (κ2) is 7.05. The molecule has 1 atom stereocenters. The molecular formula is C16H16ClFN4O2S. The van der Waals surface area contributed by atoms with Gasteiger partial charge in [-0.25, -0.2) is 14.4 Å². The van der Waals surface area contributed by atoms with E-state index in [9.17, 15) is 13.4 Å². The van der Waals surface area contributed by atoms with Crippen LogP contribution in [0.2, 0.25) is 5.02 Å². The summed E-state index contributed by atoms with van der Waals surface area (Å²) in [6.45, 7) is 2.02. The number of rotatable bonds is 5. The normalized spacial score (nSPS) is 14.7. The Hall–Kier alpha value is -2.06. The third kappa shape index (κ3) is 3.50. The van der Waals surface area contributed by atoms with Crippen molar-refractivity contribution in [2.75, 3.05) is 16.4 Å². The van der Waals surface area contributed by atoms with Gasteiger partial charge in [0.05, 0.1) is 28.8 Å². The van der Waals surface area contributed by atoms with Gasteiger partial charge in [-0.3, -0.25) is 13.9 Å². The van der Waals surface area contributed by atoms with Crippen LogP contribution >= 0.6 is 11.6 Å². The number of fused-ring (bicyclic) bond motifs is 1. The molecule has 1 aliphatic heterocycles. The van der Waals surface area contributed by atoms with Gasteiger partial charge >= 0.3 is 0 Å². The minimum atomic E-state index is -1.38. The quantitative estimate of drug-likeness (QED) is 0.802. The number of halogens is 2. The van der Waals surface area contributed by atoms with Crippen molar-refractivity contribution >= 4 is 39.9 Å². The van der Waals surface area contributed by atoms with Gasteiger partial charge in [-0.05, 0) is 24.1 Å². The molecule has 6 nitrogen and oxygen atoms in total. The Labute approximate surface area is 151 Å². The molecule has 0 radical (unpaired) electrons. The number of anilines is 2. The Balaban J connectivity index is 1.96. The average Bonchev–Trinajstić information content (AvgIpc) is 2.88. The van der Waals surface area contributed by atoms with E-state index in [-0.39, 0.29) is 34.9 Å². The van der Waals surface area contributed by atoms with Gasteiger partial charge < -0.3 is 5.73 Å². The molecular weight excluding hydrogens is 367 g/mol. The fourth-order valence-electron chi connectivity index (χ4n) is 2.59. The number of nitrogens with zero attached hydrogens (tertiary/aromatic N) is 3. The van der Waals surface area contributed by atoms with E-state index in [0.29, 0.717) is 29.1 Å². The summed E-state index contributed by atoms with van der Waals surface area (Å²) in [7, 11) is -1.38. The Kier molecular flexibility index (Phi) is 5.01.